The van der Waals surface area contributed by atoms with Crippen LogP contribution in [0.25, 0.3) is 0 Å². The van der Waals surface area contributed by atoms with Crippen molar-refractivity contribution in [3.63, 3.8) is 0 Å². The SMILES string of the molecule is CC1=CCCCC1CCC#CCO. The van der Waals surface area contributed by atoms with Crippen molar-refractivity contribution < 1.29 is 5.11 Å². The Labute approximate surface area is 80.9 Å². The third kappa shape index (κ3) is 3.65. The number of allylic oxidation sites excluding steroid dienone is 2. The molecule has 0 fully saturated rings. The Kier molecular flexibility index (Phi) is 4.64. The number of rotatable bonds is 2. The zero-order valence-corrected chi connectivity index (χ0v) is 8.34. The molecule has 1 N–H and O–H groups in total. The van der Waals surface area contributed by atoms with Crippen molar-refractivity contribution in [2.75, 3.05) is 6.61 Å². The first-order valence-electron chi connectivity index (χ1n) is 5.08. The van der Waals surface area contributed by atoms with Crippen LogP contribution in [0.3, 0.4) is 0 Å². The minimum atomic E-state index is -0.000508. The molecule has 0 aromatic rings. The summed E-state index contributed by atoms with van der Waals surface area (Å²) in [7, 11) is 0. The Morgan fingerprint density at radius 2 is 2.38 bits per heavy atom. The summed E-state index contributed by atoms with van der Waals surface area (Å²) in [5.41, 5.74) is 1.54. The van der Waals surface area contributed by atoms with Gasteiger partial charge >= 0.3 is 0 Å². The lowest BCUT2D eigenvalue weighted by Gasteiger charge is -2.20. The predicted octanol–water partition coefficient (Wildman–Crippen LogP) is 2.51. The van der Waals surface area contributed by atoms with Crippen LogP contribution in [0.5, 0.6) is 0 Å². The largest absolute Gasteiger partial charge is 0.384 e. The summed E-state index contributed by atoms with van der Waals surface area (Å²) in [5, 5.41) is 8.47. The smallest absolute Gasteiger partial charge is 0.104 e. The average Bonchev–Trinajstić information content (AvgIpc) is 2.15. The van der Waals surface area contributed by atoms with E-state index < -0.39 is 0 Å². The van der Waals surface area contributed by atoms with Gasteiger partial charge in [-0.05, 0) is 38.5 Å². The highest BCUT2D eigenvalue weighted by Crippen LogP contribution is 2.27. The van der Waals surface area contributed by atoms with Crippen molar-refractivity contribution in [3.8, 4) is 11.8 Å². The molecule has 0 radical (unpaired) electrons. The van der Waals surface area contributed by atoms with Gasteiger partial charge in [0.25, 0.3) is 0 Å². The van der Waals surface area contributed by atoms with E-state index in [0.29, 0.717) is 0 Å². The molecule has 13 heavy (non-hydrogen) atoms. The number of hydrogen-bond donors (Lipinski definition) is 1. The molecule has 0 spiro atoms. The van der Waals surface area contributed by atoms with Crippen LogP contribution in [0, 0.1) is 17.8 Å². The minimum absolute atomic E-state index is 0.000508. The number of aliphatic hydroxyl groups is 1. The van der Waals surface area contributed by atoms with E-state index in [2.05, 4.69) is 24.8 Å². The van der Waals surface area contributed by atoms with Crippen LogP contribution < -0.4 is 0 Å². The van der Waals surface area contributed by atoms with Crippen molar-refractivity contribution in [2.45, 2.75) is 39.0 Å². The van der Waals surface area contributed by atoms with E-state index >= 15 is 0 Å². The van der Waals surface area contributed by atoms with Crippen molar-refractivity contribution in [1.82, 2.24) is 0 Å². The topological polar surface area (TPSA) is 20.2 Å². The molecule has 0 aromatic carbocycles. The molecule has 1 unspecified atom stereocenters. The van der Waals surface area contributed by atoms with Crippen LogP contribution in [-0.4, -0.2) is 11.7 Å². The lowest BCUT2D eigenvalue weighted by molar-refractivity contribution is 0.350. The van der Waals surface area contributed by atoms with Crippen molar-refractivity contribution in [1.29, 1.82) is 0 Å². The maximum Gasteiger partial charge on any atom is 0.104 e. The summed E-state index contributed by atoms with van der Waals surface area (Å²) in [6.07, 6.45) is 8.35. The van der Waals surface area contributed by atoms with Gasteiger partial charge in [0.15, 0.2) is 0 Å². The van der Waals surface area contributed by atoms with Gasteiger partial charge in [-0.25, -0.2) is 0 Å². The van der Waals surface area contributed by atoms with Crippen LogP contribution in [0.1, 0.15) is 39.0 Å². The number of hydrogen-bond acceptors (Lipinski definition) is 1. The highest BCUT2D eigenvalue weighted by atomic mass is 16.2. The molecule has 0 aliphatic heterocycles. The minimum Gasteiger partial charge on any atom is -0.384 e. The summed E-state index contributed by atoms with van der Waals surface area (Å²) in [5.74, 6) is 6.42. The van der Waals surface area contributed by atoms with Gasteiger partial charge in [-0.15, -0.1) is 5.92 Å². The van der Waals surface area contributed by atoms with E-state index in [0.717, 1.165) is 18.8 Å². The Morgan fingerprint density at radius 3 is 3.08 bits per heavy atom. The molecule has 1 atom stereocenters. The third-order valence-electron chi connectivity index (χ3n) is 2.69. The van der Waals surface area contributed by atoms with Crippen LogP contribution in [0.4, 0.5) is 0 Å². The molecule has 0 bridgehead atoms. The van der Waals surface area contributed by atoms with Gasteiger partial charge in [-0.2, -0.15) is 0 Å². The lowest BCUT2D eigenvalue weighted by atomic mass is 9.85. The maximum atomic E-state index is 8.47. The van der Waals surface area contributed by atoms with Crippen LogP contribution in [0.15, 0.2) is 11.6 Å². The Balaban J connectivity index is 2.28. The first kappa shape index (κ1) is 10.3. The van der Waals surface area contributed by atoms with Crippen molar-refractivity contribution >= 4 is 0 Å². The first-order chi connectivity index (χ1) is 6.34. The normalized spacial score (nSPS) is 21.7. The molecule has 1 aliphatic rings. The molecule has 0 heterocycles. The monoisotopic (exact) mass is 178 g/mol. The van der Waals surface area contributed by atoms with Gasteiger partial charge in [0, 0.05) is 6.42 Å². The Hall–Kier alpha value is -0.740. The highest BCUT2D eigenvalue weighted by Gasteiger charge is 2.12. The quantitative estimate of drug-likeness (QED) is 0.509. The predicted molar refractivity (Wildman–Crippen MR) is 55.2 cm³/mol. The molecule has 0 aromatic heterocycles. The molecule has 1 heteroatoms. The molecule has 1 nitrogen and oxygen atoms in total. The molecule has 0 saturated carbocycles. The summed E-state index contributed by atoms with van der Waals surface area (Å²) < 4.78 is 0. The molecule has 72 valence electrons. The summed E-state index contributed by atoms with van der Waals surface area (Å²) >= 11 is 0. The highest BCUT2D eigenvalue weighted by molar-refractivity contribution is 5.08. The van der Waals surface area contributed by atoms with E-state index in [1.165, 1.54) is 24.8 Å². The summed E-state index contributed by atoms with van der Waals surface area (Å²) in [6, 6.07) is 0. The molecule has 1 rings (SSSR count). The van der Waals surface area contributed by atoms with Crippen LogP contribution >= 0.6 is 0 Å². The van der Waals surface area contributed by atoms with Gasteiger partial charge in [-0.1, -0.05) is 17.6 Å². The maximum absolute atomic E-state index is 8.47. The molecular weight excluding hydrogens is 160 g/mol. The summed E-state index contributed by atoms with van der Waals surface area (Å²) in [4.78, 5) is 0. The fraction of sp³-hybridized carbons (Fsp3) is 0.667. The van der Waals surface area contributed by atoms with E-state index in [1.807, 2.05) is 0 Å². The second kappa shape index (κ2) is 5.83. The number of aliphatic hydroxyl groups excluding tert-OH is 1. The van der Waals surface area contributed by atoms with Crippen LogP contribution in [0.2, 0.25) is 0 Å². The Bertz CT molecular complexity index is 229. The third-order valence-corrected chi connectivity index (χ3v) is 2.69. The van der Waals surface area contributed by atoms with Crippen LogP contribution in [-0.2, 0) is 0 Å². The van der Waals surface area contributed by atoms with Gasteiger partial charge in [-0.3, -0.25) is 0 Å². The van der Waals surface area contributed by atoms with E-state index in [1.54, 1.807) is 0 Å². The molecule has 1 aliphatic carbocycles. The zero-order chi connectivity index (χ0) is 9.52. The van der Waals surface area contributed by atoms with Crippen molar-refractivity contribution in [3.05, 3.63) is 11.6 Å². The Morgan fingerprint density at radius 1 is 1.54 bits per heavy atom. The lowest BCUT2D eigenvalue weighted by Crippen LogP contribution is -2.05. The van der Waals surface area contributed by atoms with Gasteiger partial charge in [0.05, 0.1) is 0 Å². The fourth-order valence-electron chi connectivity index (χ4n) is 1.85. The molecular formula is C12H18O. The van der Waals surface area contributed by atoms with Crippen molar-refractivity contribution in [2.24, 2.45) is 5.92 Å². The fourth-order valence-corrected chi connectivity index (χ4v) is 1.85. The zero-order valence-electron chi connectivity index (χ0n) is 8.34. The van der Waals surface area contributed by atoms with E-state index in [4.69, 9.17) is 5.11 Å². The molecule has 0 amide bonds. The second-order valence-corrected chi connectivity index (χ2v) is 3.63. The average molecular weight is 178 g/mol. The van der Waals surface area contributed by atoms with E-state index in [-0.39, 0.29) is 6.61 Å². The van der Waals surface area contributed by atoms with E-state index in [9.17, 15) is 0 Å². The standard InChI is InChI=1S/C12H18O/c1-11-7-4-5-9-12(11)8-3-2-6-10-13/h7,12-13H,3-5,8-10H2,1H3. The summed E-state index contributed by atoms with van der Waals surface area (Å²) in [6.45, 7) is 2.22. The van der Waals surface area contributed by atoms with Gasteiger partial charge in [0.1, 0.15) is 6.61 Å². The van der Waals surface area contributed by atoms with Gasteiger partial charge < -0.3 is 5.11 Å². The molecule has 0 saturated heterocycles. The second-order valence-electron chi connectivity index (χ2n) is 3.63. The van der Waals surface area contributed by atoms with Gasteiger partial charge in [0.2, 0.25) is 0 Å². The first-order valence-corrected chi connectivity index (χ1v) is 5.08.